The minimum atomic E-state index is -4.78. The van der Waals surface area contributed by atoms with E-state index in [9.17, 15) is 30.7 Å². The van der Waals surface area contributed by atoms with Gasteiger partial charge in [0.25, 0.3) is 0 Å². The van der Waals surface area contributed by atoms with Crippen molar-refractivity contribution in [3.8, 4) is 6.07 Å². The van der Waals surface area contributed by atoms with E-state index in [1.165, 1.54) is 19.1 Å². The first-order valence-corrected chi connectivity index (χ1v) is 7.56. The molecule has 0 saturated carbocycles. The Labute approximate surface area is 150 Å². The summed E-state index contributed by atoms with van der Waals surface area (Å²) < 4.78 is 92.3. The predicted octanol–water partition coefficient (Wildman–Crippen LogP) is 6.38. The Morgan fingerprint density at radius 2 is 1.67 bits per heavy atom. The molecule has 0 amide bonds. The smallest absolute Gasteiger partial charge is 0.206 e. The van der Waals surface area contributed by atoms with Gasteiger partial charge in [0.1, 0.15) is 11.9 Å². The topological polar surface area (TPSA) is 23.8 Å². The van der Waals surface area contributed by atoms with Crippen molar-refractivity contribution < 1.29 is 30.7 Å². The van der Waals surface area contributed by atoms with E-state index in [2.05, 4.69) is 0 Å². The number of hydrogen-bond acceptors (Lipinski definition) is 1. The fourth-order valence-corrected chi connectivity index (χ4v) is 2.49. The Kier molecular flexibility index (Phi) is 5.64. The molecule has 0 N–H and O–H groups in total. The maximum atomic E-state index is 13.4. The molecule has 0 aliphatic rings. The standard InChI is InChI=1S/C19H12F7N/c1-11-2-3-12(8-16(11)19(24,25)26)4-6-15(18(21,22)23)13-5-7-17(20)14(9-13)10-27/h2-9,15H,1H3/b6-4+. The number of alkyl halides is 6. The first kappa shape index (κ1) is 20.5. The Bertz CT molecular complexity index is 902. The molecule has 0 heterocycles. The molecule has 0 aliphatic carbocycles. The number of nitrogens with zero attached hydrogens (tertiary/aromatic N) is 1. The van der Waals surface area contributed by atoms with E-state index in [-0.39, 0.29) is 16.7 Å². The van der Waals surface area contributed by atoms with Crippen LogP contribution in [0.5, 0.6) is 0 Å². The van der Waals surface area contributed by atoms with Gasteiger partial charge in [-0.25, -0.2) is 4.39 Å². The van der Waals surface area contributed by atoms with Crippen molar-refractivity contribution in [3.05, 3.63) is 76.1 Å². The summed E-state index contributed by atoms with van der Waals surface area (Å²) in [6.07, 6.45) is -7.81. The second kappa shape index (κ2) is 7.43. The zero-order chi connectivity index (χ0) is 20.4. The Morgan fingerprint density at radius 1 is 1.00 bits per heavy atom. The molecule has 1 atom stereocenters. The molecule has 2 aromatic rings. The number of halogens is 7. The molecule has 2 rings (SSSR count). The van der Waals surface area contributed by atoms with Crippen LogP contribution in [0, 0.1) is 24.1 Å². The van der Waals surface area contributed by atoms with Crippen molar-refractivity contribution in [2.45, 2.75) is 25.2 Å². The molecule has 0 bridgehead atoms. The summed E-state index contributed by atoms with van der Waals surface area (Å²) in [7, 11) is 0. The average molecular weight is 387 g/mol. The van der Waals surface area contributed by atoms with E-state index < -0.39 is 35.2 Å². The highest BCUT2D eigenvalue weighted by Crippen LogP contribution is 2.37. The molecular weight excluding hydrogens is 375 g/mol. The normalized spacial score (nSPS) is 13.6. The molecule has 27 heavy (non-hydrogen) atoms. The molecule has 8 heteroatoms. The second-order valence-corrected chi connectivity index (χ2v) is 5.80. The maximum Gasteiger partial charge on any atom is 0.416 e. The van der Waals surface area contributed by atoms with Gasteiger partial charge < -0.3 is 0 Å². The summed E-state index contributed by atoms with van der Waals surface area (Å²) in [5, 5.41) is 8.77. The van der Waals surface area contributed by atoms with Crippen LogP contribution in [0.4, 0.5) is 30.7 Å². The molecule has 0 aliphatic heterocycles. The lowest BCUT2D eigenvalue weighted by Crippen LogP contribution is -2.19. The zero-order valence-corrected chi connectivity index (χ0v) is 13.8. The van der Waals surface area contributed by atoms with E-state index in [0.29, 0.717) is 6.08 Å². The average Bonchev–Trinajstić information content (AvgIpc) is 2.55. The van der Waals surface area contributed by atoms with E-state index in [1.807, 2.05) is 0 Å². The van der Waals surface area contributed by atoms with Crippen molar-refractivity contribution in [2.24, 2.45) is 0 Å². The fourth-order valence-electron chi connectivity index (χ4n) is 2.49. The first-order chi connectivity index (χ1) is 12.4. The van der Waals surface area contributed by atoms with Gasteiger partial charge in [0, 0.05) is 0 Å². The summed E-state index contributed by atoms with van der Waals surface area (Å²) >= 11 is 0. The van der Waals surface area contributed by atoms with Gasteiger partial charge >= 0.3 is 12.4 Å². The van der Waals surface area contributed by atoms with Crippen LogP contribution >= 0.6 is 0 Å². The van der Waals surface area contributed by atoms with Crippen molar-refractivity contribution >= 4 is 6.08 Å². The van der Waals surface area contributed by atoms with Gasteiger partial charge in [0.05, 0.1) is 17.0 Å². The summed E-state index contributed by atoms with van der Waals surface area (Å²) in [5.41, 5.74) is -2.00. The molecule has 0 radical (unpaired) electrons. The number of nitriles is 1. The van der Waals surface area contributed by atoms with E-state index in [0.717, 1.165) is 36.4 Å². The molecule has 0 spiro atoms. The van der Waals surface area contributed by atoms with Gasteiger partial charge in [-0.2, -0.15) is 31.6 Å². The van der Waals surface area contributed by atoms with Crippen molar-refractivity contribution in [2.75, 3.05) is 0 Å². The third-order valence-corrected chi connectivity index (χ3v) is 3.87. The van der Waals surface area contributed by atoms with E-state index in [4.69, 9.17) is 5.26 Å². The summed E-state index contributed by atoms with van der Waals surface area (Å²) in [6.45, 7) is 1.25. The molecule has 0 saturated heterocycles. The van der Waals surface area contributed by atoms with Crippen LogP contribution in [-0.4, -0.2) is 6.18 Å². The lowest BCUT2D eigenvalue weighted by atomic mass is 9.95. The van der Waals surface area contributed by atoms with E-state index >= 15 is 0 Å². The first-order valence-electron chi connectivity index (χ1n) is 7.56. The quantitative estimate of drug-likeness (QED) is 0.561. The van der Waals surface area contributed by atoms with Gasteiger partial charge in [-0.3, -0.25) is 0 Å². The predicted molar refractivity (Wildman–Crippen MR) is 85.1 cm³/mol. The summed E-state index contributed by atoms with van der Waals surface area (Å²) in [5.74, 6) is -3.17. The third-order valence-electron chi connectivity index (χ3n) is 3.87. The van der Waals surface area contributed by atoms with Gasteiger partial charge in [-0.05, 0) is 41.8 Å². The highest BCUT2D eigenvalue weighted by atomic mass is 19.4. The molecule has 1 unspecified atom stereocenters. The second-order valence-electron chi connectivity index (χ2n) is 5.80. The number of hydrogen-bond donors (Lipinski definition) is 0. The van der Waals surface area contributed by atoms with E-state index in [1.54, 1.807) is 0 Å². The van der Waals surface area contributed by atoms with Crippen LogP contribution in [0.3, 0.4) is 0 Å². The minimum Gasteiger partial charge on any atom is -0.206 e. The van der Waals surface area contributed by atoms with Crippen LogP contribution in [0.15, 0.2) is 42.5 Å². The molecule has 0 aromatic heterocycles. The Hall–Kier alpha value is -2.82. The molecular formula is C19H12F7N. The SMILES string of the molecule is Cc1ccc(/C=C/C(c2ccc(F)c(C#N)c2)C(F)(F)F)cc1C(F)(F)F. The fraction of sp³-hybridized carbons (Fsp3) is 0.211. The number of aryl methyl sites for hydroxylation is 1. The molecule has 142 valence electrons. The van der Waals surface area contributed by atoms with Crippen molar-refractivity contribution in [3.63, 3.8) is 0 Å². The number of benzene rings is 2. The lowest BCUT2D eigenvalue weighted by molar-refractivity contribution is -0.139. The largest absolute Gasteiger partial charge is 0.416 e. The zero-order valence-electron chi connectivity index (χ0n) is 13.8. The minimum absolute atomic E-state index is 0.0517. The maximum absolute atomic E-state index is 13.4. The Morgan fingerprint density at radius 3 is 2.22 bits per heavy atom. The van der Waals surface area contributed by atoms with Crippen LogP contribution < -0.4 is 0 Å². The third kappa shape index (κ3) is 4.88. The lowest BCUT2D eigenvalue weighted by Gasteiger charge is -2.18. The summed E-state index contributed by atoms with van der Waals surface area (Å²) in [4.78, 5) is 0. The van der Waals surface area contributed by atoms with Crippen molar-refractivity contribution in [1.82, 2.24) is 0 Å². The molecule has 1 nitrogen and oxygen atoms in total. The van der Waals surface area contributed by atoms with Crippen LogP contribution in [-0.2, 0) is 6.18 Å². The van der Waals surface area contributed by atoms with Gasteiger partial charge in [0.2, 0.25) is 0 Å². The van der Waals surface area contributed by atoms with Crippen molar-refractivity contribution in [1.29, 1.82) is 5.26 Å². The van der Waals surface area contributed by atoms with Gasteiger partial charge in [0.15, 0.2) is 0 Å². The van der Waals surface area contributed by atoms with Crippen LogP contribution in [0.25, 0.3) is 6.08 Å². The van der Waals surface area contributed by atoms with Crippen LogP contribution in [0.1, 0.15) is 33.7 Å². The molecule has 0 fully saturated rings. The molecule has 2 aromatic carbocycles. The van der Waals surface area contributed by atoms with Gasteiger partial charge in [-0.15, -0.1) is 0 Å². The van der Waals surface area contributed by atoms with Gasteiger partial charge in [-0.1, -0.05) is 30.4 Å². The van der Waals surface area contributed by atoms with Crippen LogP contribution in [0.2, 0.25) is 0 Å². The highest BCUT2D eigenvalue weighted by molar-refractivity contribution is 5.54. The number of allylic oxidation sites excluding steroid dienone is 1. The highest BCUT2D eigenvalue weighted by Gasteiger charge is 2.39. The number of rotatable bonds is 3. The monoisotopic (exact) mass is 387 g/mol. The Balaban J connectivity index is 2.45. The summed E-state index contributed by atoms with van der Waals surface area (Å²) in [6, 6.07) is 7.04.